The Morgan fingerprint density at radius 1 is 1.15 bits per heavy atom. The van der Waals surface area contributed by atoms with Gasteiger partial charge in [0.1, 0.15) is 12.4 Å². The van der Waals surface area contributed by atoms with Crippen LogP contribution < -0.4 is 10.1 Å². The molecule has 5 nitrogen and oxygen atoms in total. The van der Waals surface area contributed by atoms with Crippen molar-refractivity contribution in [3.63, 3.8) is 0 Å². The van der Waals surface area contributed by atoms with E-state index in [9.17, 15) is 0 Å². The minimum Gasteiger partial charge on any atom is -0.488 e. The van der Waals surface area contributed by atoms with E-state index in [0.29, 0.717) is 18.3 Å². The van der Waals surface area contributed by atoms with Crippen LogP contribution in [0.25, 0.3) is 11.4 Å². The average Bonchev–Trinajstić information content (AvgIpc) is 3.19. The van der Waals surface area contributed by atoms with Crippen molar-refractivity contribution in [3.05, 3.63) is 65.0 Å². The Morgan fingerprint density at radius 3 is 2.63 bits per heavy atom. The van der Waals surface area contributed by atoms with Crippen LogP contribution in [0.15, 0.2) is 47.0 Å². The fourth-order valence-corrected chi connectivity index (χ4v) is 3.62. The van der Waals surface area contributed by atoms with Crippen molar-refractivity contribution in [2.45, 2.75) is 39.2 Å². The van der Waals surface area contributed by atoms with Crippen molar-refractivity contribution in [2.24, 2.45) is 0 Å². The standard InChI is InChI=1S/C22H25N3O2/c1-15-11-19(21-24-22(27-25-21)18-9-6-10-23-13-18)12-16(2)20(15)26-14-17-7-4-3-5-8-17/h3-5,7-8,11-12,18,23H,6,9-10,13-14H2,1-2H3. The Bertz CT molecular complexity index is 876. The second-order valence-electron chi connectivity index (χ2n) is 7.21. The molecule has 27 heavy (non-hydrogen) atoms. The number of nitrogens with one attached hydrogen (secondary N) is 1. The number of piperidine rings is 1. The van der Waals surface area contributed by atoms with Crippen LogP contribution in [-0.2, 0) is 6.61 Å². The molecule has 1 N–H and O–H groups in total. The SMILES string of the molecule is Cc1cc(-c2noc(C3CCCNC3)n2)cc(C)c1OCc1ccccc1. The highest BCUT2D eigenvalue weighted by Gasteiger charge is 2.22. The summed E-state index contributed by atoms with van der Waals surface area (Å²) >= 11 is 0. The van der Waals surface area contributed by atoms with Crippen LogP contribution >= 0.6 is 0 Å². The lowest BCUT2D eigenvalue weighted by atomic mass is 10.00. The van der Waals surface area contributed by atoms with E-state index in [1.807, 2.05) is 18.2 Å². The highest BCUT2D eigenvalue weighted by molar-refractivity contribution is 5.61. The zero-order valence-electron chi connectivity index (χ0n) is 15.9. The summed E-state index contributed by atoms with van der Waals surface area (Å²) in [6.07, 6.45) is 2.24. The number of benzene rings is 2. The molecule has 0 saturated carbocycles. The van der Waals surface area contributed by atoms with Crippen LogP contribution in [0.4, 0.5) is 0 Å². The number of nitrogens with zero attached hydrogens (tertiary/aromatic N) is 2. The van der Waals surface area contributed by atoms with Gasteiger partial charge in [0.2, 0.25) is 11.7 Å². The van der Waals surface area contributed by atoms with E-state index >= 15 is 0 Å². The summed E-state index contributed by atoms with van der Waals surface area (Å²) in [4.78, 5) is 4.65. The second-order valence-corrected chi connectivity index (χ2v) is 7.21. The van der Waals surface area contributed by atoms with Gasteiger partial charge in [0.15, 0.2) is 0 Å². The molecule has 0 aliphatic carbocycles. The topological polar surface area (TPSA) is 60.2 Å². The lowest BCUT2D eigenvalue weighted by Crippen LogP contribution is -2.28. The maximum atomic E-state index is 6.07. The maximum Gasteiger partial charge on any atom is 0.231 e. The van der Waals surface area contributed by atoms with Gasteiger partial charge in [-0.2, -0.15) is 4.98 Å². The molecule has 1 aromatic heterocycles. The summed E-state index contributed by atoms with van der Waals surface area (Å²) in [6.45, 7) is 6.65. The second kappa shape index (κ2) is 7.92. The van der Waals surface area contributed by atoms with Gasteiger partial charge < -0.3 is 14.6 Å². The summed E-state index contributed by atoms with van der Waals surface area (Å²) < 4.78 is 11.6. The quantitative estimate of drug-likeness (QED) is 0.728. The lowest BCUT2D eigenvalue weighted by Gasteiger charge is -2.18. The van der Waals surface area contributed by atoms with Crippen LogP contribution in [-0.4, -0.2) is 23.2 Å². The summed E-state index contributed by atoms with van der Waals surface area (Å²) in [5.74, 6) is 2.62. The van der Waals surface area contributed by atoms with E-state index in [-0.39, 0.29) is 0 Å². The minimum absolute atomic E-state index is 0.315. The zero-order valence-corrected chi connectivity index (χ0v) is 15.9. The molecular weight excluding hydrogens is 338 g/mol. The predicted molar refractivity (Wildman–Crippen MR) is 105 cm³/mol. The van der Waals surface area contributed by atoms with Gasteiger partial charge in [-0.25, -0.2) is 0 Å². The number of hydrogen-bond acceptors (Lipinski definition) is 5. The van der Waals surface area contributed by atoms with Crippen LogP contribution in [0.2, 0.25) is 0 Å². The molecule has 1 atom stereocenters. The Balaban J connectivity index is 1.52. The van der Waals surface area contributed by atoms with Gasteiger partial charge in [-0.3, -0.25) is 0 Å². The fraction of sp³-hybridized carbons (Fsp3) is 0.364. The largest absolute Gasteiger partial charge is 0.488 e. The molecule has 0 spiro atoms. The van der Waals surface area contributed by atoms with Gasteiger partial charge in [0.25, 0.3) is 0 Å². The van der Waals surface area contributed by atoms with Gasteiger partial charge >= 0.3 is 0 Å². The number of rotatable bonds is 5. The van der Waals surface area contributed by atoms with E-state index in [1.165, 1.54) is 0 Å². The molecule has 0 bridgehead atoms. The Hall–Kier alpha value is -2.66. The molecule has 1 saturated heterocycles. The van der Waals surface area contributed by atoms with Crippen molar-refractivity contribution >= 4 is 0 Å². The number of hydrogen-bond donors (Lipinski definition) is 1. The normalized spacial score (nSPS) is 17.0. The summed E-state index contributed by atoms with van der Waals surface area (Å²) in [5.41, 5.74) is 4.28. The molecule has 1 aliphatic rings. The van der Waals surface area contributed by atoms with Crippen LogP contribution in [0.1, 0.15) is 41.3 Å². The smallest absolute Gasteiger partial charge is 0.231 e. The van der Waals surface area contributed by atoms with E-state index in [4.69, 9.17) is 9.26 Å². The van der Waals surface area contributed by atoms with E-state index in [0.717, 1.165) is 59.8 Å². The minimum atomic E-state index is 0.315. The molecule has 2 aromatic carbocycles. The van der Waals surface area contributed by atoms with E-state index in [1.54, 1.807) is 0 Å². The fourth-order valence-electron chi connectivity index (χ4n) is 3.62. The molecule has 0 amide bonds. The van der Waals surface area contributed by atoms with Crippen molar-refractivity contribution < 1.29 is 9.26 Å². The van der Waals surface area contributed by atoms with Crippen LogP contribution in [0.3, 0.4) is 0 Å². The third-order valence-electron chi connectivity index (χ3n) is 5.03. The third kappa shape index (κ3) is 4.03. The molecule has 0 radical (unpaired) electrons. The molecular formula is C22H25N3O2. The first-order valence-corrected chi connectivity index (χ1v) is 9.53. The van der Waals surface area contributed by atoms with Crippen molar-refractivity contribution in [1.29, 1.82) is 0 Å². The van der Waals surface area contributed by atoms with Crippen molar-refractivity contribution in [1.82, 2.24) is 15.5 Å². The first-order valence-electron chi connectivity index (χ1n) is 9.53. The third-order valence-corrected chi connectivity index (χ3v) is 5.03. The number of aromatic nitrogens is 2. The molecule has 1 aliphatic heterocycles. The number of ether oxygens (including phenoxy) is 1. The Labute approximate surface area is 159 Å². The highest BCUT2D eigenvalue weighted by atomic mass is 16.5. The van der Waals surface area contributed by atoms with Gasteiger partial charge in [-0.1, -0.05) is 35.5 Å². The van der Waals surface area contributed by atoms with Gasteiger partial charge in [-0.05, 0) is 62.1 Å². The first-order chi connectivity index (χ1) is 13.2. The molecule has 4 rings (SSSR count). The summed E-state index contributed by atoms with van der Waals surface area (Å²) in [7, 11) is 0. The maximum absolute atomic E-state index is 6.07. The first kappa shape index (κ1) is 17.7. The van der Waals surface area contributed by atoms with Crippen molar-refractivity contribution in [3.8, 4) is 17.1 Å². The molecule has 2 heterocycles. The molecule has 3 aromatic rings. The van der Waals surface area contributed by atoms with Crippen molar-refractivity contribution in [2.75, 3.05) is 13.1 Å². The van der Waals surface area contributed by atoms with Gasteiger partial charge in [0.05, 0.1) is 5.92 Å². The zero-order chi connectivity index (χ0) is 18.6. The van der Waals surface area contributed by atoms with E-state index in [2.05, 4.69) is 53.6 Å². The van der Waals surface area contributed by atoms with Gasteiger partial charge in [0, 0.05) is 12.1 Å². The lowest BCUT2D eigenvalue weighted by molar-refractivity contribution is 0.302. The summed E-state index contributed by atoms with van der Waals surface area (Å²) in [5, 5.41) is 7.60. The van der Waals surface area contributed by atoms with Gasteiger partial charge in [-0.15, -0.1) is 0 Å². The van der Waals surface area contributed by atoms with E-state index < -0.39 is 0 Å². The highest BCUT2D eigenvalue weighted by Crippen LogP contribution is 2.31. The Morgan fingerprint density at radius 2 is 1.93 bits per heavy atom. The summed E-state index contributed by atoms with van der Waals surface area (Å²) in [6, 6.07) is 14.3. The molecule has 140 valence electrons. The monoisotopic (exact) mass is 363 g/mol. The molecule has 1 fully saturated rings. The molecule has 5 heteroatoms. The van der Waals surface area contributed by atoms with Crippen LogP contribution in [0, 0.1) is 13.8 Å². The van der Waals surface area contributed by atoms with Crippen LogP contribution in [0.5, 0.6) is 5.75 Å². The molecule has 1 unspecified atom stereocenters. The predicted octanol–water partition coefficient (Wildman–Crippen LogP) is 4.40. The Kier molecular flexibility index (Phi) is 5.21. The number of aryl methyl sites for hydroxylation is 2. The average molecular weight is 363 g/mol.